The van der Waals surface area contributed by atoms with Crippen LogP contribution in [0.5, 0.6) is 5.75 Å². The average Bonchev–Trinajstić information content (AvgIpc) is 3.24. The fourth-order valence-corrected chi connectivity index (χ4v) is 3.83. The van der Waals surface area contributed by atoms with Gasteiger partial charge in [0.1, 0.15) is 17.9 Å². The van der Waals surface area contributed by atoms with Crippen molar-refractivity contribution in [2.75, 3.05) is 0 Å². The number of rotatable bonds is 6. The Bertz CT molecular complexity index is 1480. The summed E-state index contributed by atoms with van der Waals surface area (Å²) in [5, 5.41) is 22.7. The summed E-state index contributed by atoms with van der Waals surface area (Å²) in [7, 11) is 0. The Hall–Kier alpha value is -4.78. The number of nitrogens with zero attached hydrogens (tertiary/aromatic N) is 3. The van der Waals surface area contributed by atoms with Crippen LogP contribution in [-0.2, 0) is 6.61 Å². The summed E-state index contributed by atoms with van der Waals surface area (Å²) in [6.07, 6.45) is 0. The molecule has 5 rings (SSSR count). The van der Waals surface area contributed by atoms with E-state index in [0.717, 1.165) is 32.5 Å². The molecule has 168 valence electrons. The van der Waals surface area contributed by atoms with Gasteiger partial charge in [-0.2, -0.15) is 4.73 Å². The standard InChI is InChI=1S/C27H22N4O3/c28-26(30-32)21-14-15-22(25(16-21)34-17-18-6-2-1-3-7-18)19-10-12-20(13-11-19)27-29-23-8-4-5-9-24(23)31(27)33/h1-16,32-33H,17H2,(H2,28,30). The second-order valence-electron chi connectivity index (χ2n) is 7.78. The Labute approximate surface area is 195 Å². The zero-order chi connectivity index (χ0) is 23.5. The van der Waals surface area contributed by atoms with Gasteiger partial charge >= 0.3 is 0 Å². The van der Waals surface area contributed by atoms with Crippen LogP contribution in [0.4, 0.5) is 0 Å². The summed E-state index contributed by atoms with van der Waals surface area (Å²) in [5.41, 5.74) is 11.3. The van der Waals surface area contributed by atoms with E-state index in [-0.39, 0.29) is 5.84 Å². The van der Waals surface area contributed by atoms with Crippen molar-refractivity contribution in [1.29, 1.82) is 0 Å². The minimum atomic E-state index is 0.00769. The molecular weight excluding hydrogens is 428 g/mol. The Morgan fingerprint density at radius 1 is 0.882 bits per heavy atom. The molecule has 4 aromatic carbocycles. The number of nitrogens with two attached hydrogens (primary N) is 1. The molecule has 0 aliphatic carbocycles. The largest absolute Gasteiger partial charge is 0.488 e. The Morgan fingerprint density at radius 2 is 1.59 bits per heavy atom. The average molecular weight is 450 g/mol. The molecular formula is C27H22N4O3. The van der Waals surface area contributed by atoms with Crippen LogP contribution < -0.4 is 10.5 Å². The summed E-state index contributed by atoms with van der Waals surface area (Å²) in [4.78, 5) is 4.54. The molecule has 4 N–H and O–H groups in total. The van der Waals surface area contributed by atoms with Crippen LogP contribution in [0, 0.1) is 0 Å². The molecule has 0 aliphatic rings. The number of amidine groups is 1. The molecule has 5 aromatic rings. The molecule has 7 nitrogen and oxygen atoms in total. The highest BCUT2D eigenvalue weighted by Gasteiger charge is 2.14. The maximum Gasteiger partial charge on any atom is 0.176 e. The van der Waals surface area contributed by atoms with Crippen molar-refractivity contribution in [3.63, 3.8) is 0 Å². The predicted molar refractivity (Wildman–Crippen MR) is 131 cm³/mol. The molecule has 0 radical (unpaired) electrons. The lowest BCUT2D eigenvalue weighted by Crippen LogP contribution is -2.13. The van der Waals surface area contributed by atoms with E-state index in [1.165, 1.54) is 0 Å². The highest BCUT2D eigenvalue weighted by molar-refractivity contribution is 5.98. The van der Waals surface area contributed by atoms with Gasteiger partial charge in [-0.3, -0.25) is 0 Å². The quantitative estimate of drug-likeness (QED) is 0.107. The topological polar surface area (TPSA) is 106 Å². The molecule has 1 aromatic heterocycles. The minimum Gasteiger partial charge on any atom is -0.488 e. The second kappa shape index (κ2) is 8.99. The third-order valence-electron chi connectivity index (χ3n) is 5.61. The van der Waals surface area contributed by atoms with Gasteiger partial charge < -0.3 is 20.9 Å². The van der Waals surface area contributed by atoms with Crippen molar-refractivity contribution < 1.29 is 15.2 Å². The van der Waals surface area contributed by atoms with Crippen LogP contribution in [0.3, 0.4) is 0 Å². The van der Waals surface area contributed by atoms with Crippen molar-refractivity contribution >= 4 is 16.9 Å². The highest BCUT2D eigenvalue weighted by atomic mass is 16.5. The van der Waals surface area contributed by atoms with E-state index in [4.69, 9.17) is 15.7 Å². The molecule has 0 saturated heterocycles. The SMILES string of the molecule is N/C(=N\O)c1ccc(-c2ccc(-c3nc4ccccc4n3O)cc2)c(OCc2ccccc2)c1. The number of hydrogen-bond acceptors (Lipinski definition) is 5. The minimum absolute atomic E-state index is 0.00769. The van der Waals surface area contributed by atoms with Crippen molar-refractivity contribution in [1.82, 2.24) is 9.71 Å². The zero-order valence-electron chi connectivity index (χ0n) is 18.2. The number of aromatic nitrogens is 2. The van der Waals surface area contributed by atoms with Crippen LogP contribution in [0.25, 0.3) is 33.5 Å². The molecule has 0 atom stereocenters. The Morgan fingerprint density at radius 3 is 2.32 bits per heavy atom. The summed E-state index contributed by atoms with van der Waals surface area (Å²) >= 11 is 0. The van der Waals surface area contributed by atoms with Crippen LogP contribution in [-0.4, -0.2) is 26.0 Å². The van der Waals surface area contributed by atoms with Crippen molar-refractivity contribution in [3.05, 3.63) is 108 Å². The molecule has 0 bridgehead atoms. The molecule has 0 saturated carbocycles. The first-order valence-electron chi connectivity index (χ1n) is 10.7. The lowest BCUT2D eigenvalue weighted by atomic mass is 10.0. The first-order chi connectivity index (χ1) is 16.6. The first kappa shape index (κ1) is 21.1. The van der Waals surface area contributed by atoms with Crippen LogP contribution >= 0.6 is 0 Å². The van der Waals surface area contributed by atoms with E-state index < -0.39 is 0 Å². The van der Waals surface area contributed by atoms with E-state index in [9.17, 15) is 5.21 Å². The third kappa shape index (κ3) is 4.02. The van der Waals surface area contributed by atoms with Gasteiger partial charge in [-0.05, 0) is 35.4 Å². The molecule has 0 spiro atoms. The van der Waals surface area contributed by atoms with Crippen LogP contribution in [0.15, 0.2) is 102 Å². The predicted octanol–water partition coefficient (Wildman–Crippen LogP) is 5.28. The van der Waals surface area contributed by atoms with E-state index in [0.29, 0.717) is 29.3 Å². The van der Waals surface area contributed by atoms with Gasteiger partial charge in [-0.25, -0.2) is 4.98 Å². The summed E-state index contributed by atoms with van der Waals surface area (Å²) in [6.45, 7) is 0.375. The maximum absolute atomic E-state index is 10.5. The molecule has 7 heteroatoms. The van der Waals surface area contributed by atoms with Crippen LogP contribution in [0.2, 0.25) is 0 Å². The first-order valence-corrected chi connectivity index (χ1v) is 10.7. The molecule has 1 heterocycles. The number of imidazole rings is 1. The number of benzene rings is 4. The molecule has 0 fully saturated rings. The number of fused-ring (bicyclic) bond motifs is 1. The van der Waals surface area contributed by atoms with Gasteiger partial charge in [0.15, 0.2) is 11.7 Å². The van der Waals surface area contributed by atoms with E-state index in [1.807, 2.05) is 84.9 Å². The van der Waals surface area contributed by atoms with Gasteiger partial charge in [0.05, 0.1) is 5.52 Å². The number of ether oxygens (including phenoxy) is 1. The number of hydrogen-bond donors (Lipinski definition) is 3. The maximum atomic E-state index is 10.5. The van der Waals surface area contributed by atoms with E-state index in [2.05, 4.69) is 10.1 Å². The molecule has 0 unspecified atom stereocenters. The summed E-state index contributed by atoms with van der Waals surface area (Å²) in [5.74, 6) is 1.08. The van der Waals surface area contributed by atoms with Crippen molar-refractivity contribution in [2.24, 2.45) is 10.9 Å². The fourth-order valence-electron chi connectivity index (χ4n) is 3.83. The fraction of sp³-hybridized carbons (Fsp3) is 0.0370. The van der Waals surface area contributed by atoms with Gasteiger partial charge in [-0.1, -0.05) is 78.0 Å². The van der Waals surface area contributed by atoms with Crippen LogP contribution in [0.1, 0.15) is 11.1 Å². The molecule has 34 heavy (non-hydrogen) atoms. The summed E-state index contributed by atoms with van der Waals surface area (Å²) in [6, 6.07) is 30.4. The number of oxime groups is 1. The smallest absolute Gasteiger partial charge is 0.176 e. The van der Waals surface area contributed by atoms with Gasteiger partial charge in [0.2, 0.25) is 0 Å². The lowest BCUT2D eigenvalue weighted by molar-refractivity contribution is 0.203. The molecule has 0 aliphatic heterocycles. The van der Waals surface area contributed by atoms with Gasteiger partial charge in [-0.15, -0.1) is 0 Å². The lowest BCUT2D eigenvalue weighted by Gasteiger charge is -2.14. The van der Waals surface area contributed by atoms with E-state index in [1.54, 1.807) is 12.1 Å². The van der Waals surface area contributed by atoms with E-state index >= 15 is 0 Å². The molecule has 0 amide bonds. The zero-order valence-corrected chi connectivity index (χ0v) is 18.2. The highest BCUT2D eigenvalue weighted by Crippen LogP contribution is 2.33. The number of para-hydroxylation sites is 2. The Kier molecular flexibility index (Phi) is 5.58. The normalized spacial score (nSPS) is 11.6. The monoisotopic (exact) mass is 450 g/mol. The van der Waals surface area contributed by atoms with Gasteiger partial charge in [0, 0.05) is 16.7 Å². The third-order valence-corrected chi connectivity index (χ3v) is 5.61. The second-order valence-corrected chi connectivity index (χ2v) is 7.78. The van der Waals surface area contributed by atoms with Gasteiger partial charge in [0.25, 0.3) is 0 Å². The van der Waals surface area contributed by atoms with Crippen molar-refractivity contribution in [3.8, 4) is 28.3 Å². The summed E-state index contributed by atoms with van der Waals surface area (Å²) < 4.78 is 7.24. The van der Waals surface area contributed by atoms with Crippen molar-refractivity contribution in [2.45, 2.75) is 6.61 Å². The Balaban J connectivity index is 1.50.